The van der Waals surface area contributed by atoms with Crippen molar-refractivity contribution in [2.45, 2.75) is 51.4 Å². The molecule has 0 aliphatic carbocycles. The highest BCUT2D eigenvalue weighted by atomic mass is 28.3. The van der Waals surface area contributed by atoms with Crippen molar-refractivity contribution >= 4 is 25.3 Å². The zero-order valence-corrected chi connectivity index (χ0v) is 20.6. The molecule has 4 rings (SSSR count). The van der Waals surface area contributed by atoms with Crippen LogP contribution in [-0.2, 0) is 18.5 Å². The number of amides is 1. The summed E-state index contributed by atoms with van der Waals surface area (Å²) in [6, 6.07) is 1.09. The van der Waals surface area contributed by atoms with Crippen molar-refractivity contribution in [1.29, 1.82) is 0 Å². The summed E-state index contributed by atoms with van der Waals surface area (Å²) >= 11 is 0. The number of carbonyl (C=O) groups is 1. The molecule has 1 aliphatic rings. The molecule has 0 atom stereocenters. The summed E-state index contributed by atoms with van der Waals surface area (Å²) in [5.74, 6) is 1.10. The van der Waals surface area contributed by atoms with Crippen LogP contribution in [0.2, 0.25) is 25.7 Å². The standard InChI is InChI=1S/C21H31N7O4Si/c1-26-19(23-13-24-26)16-12-28(14-31-9-10-33(2,3)4)20-18(16)25-17(11-22-20)32-15-5-7-27(8-6-15)21(29)30/h11-13,15H,5-10,14H2,1-4H3,(H,29,30). The van der Waals surface area contributed by atoms with Crippen LogP contribution in [0.5, 0.6) is 5.88 Å². The van der Waals surface area contributed by atoms with Crippen molar-refractivity contribution in [3.63, 3.8) is 0 Å². The number of nitrogens with zero attached hydrogens (tertiary/aromatic N) is 7. The number of carboxylic acid groups (broad SMARTS) is 1. The predicted molar refractivity (Wildman–Crippen MR) is 125 cm³/mol. The molecule has 33 heavy (non-hydrogen) atoms. The number of fused-ring (bicyclic) bond motifs is 1. The molecule has 12 heteroatoms. The summed E-state index contributed by atoms with van der Waals surface area (Å²) < 4.78 is 15.6. The molecule has 0 bridgehead atoms. The summed E-state index contributed by atoms with van der Waals surface area (Å²) in [6.45, 7) is 8.96. The van der Waals surface area contributed by atoms with Crippen molar-refractivity contribution in [2.24, 2.45) is 7.05 Å². The smallest absolute Gasteiger partial charge is 0.407 e. The maximum Gasteiger partial charge on any atom is 0.407 e. The van der Waals surface area contributed by atoms with E-state index in [0.29, 0.717) is 62.1 Å². The molecule has 1 fully saturated rings. The molecule has 11 nitrogen and oxygen atoms in total. The fourth-order valence-corrected chi connectivity index (χ4v) is 4.53. The average Bonchev–Trinajstić information content (AvgIpc) is 3.34. The van der Waals surface area contributed by atoms with Crippen LogP contribution >= 0.6 is 0 Å². The Morgan fingerprint density at radius 1 is 1.24 bits per heavy atom. The first kappa shape index (κ1) is 23.2. The van der Waals surface area contributed by atoms with Gasteiger partial charge in [0, 0.05) is 53.9 Å². The minimum absolute atomic E-state index is 0.0994. The van der Waals surface area contributed by atoms with Crippen molar-refractivity contribution in [3.8, 4) is 17.3 Å². The Kier molecular flexibility index (Phi) is 6.65. The van der Waals surface area contributed by atoms with Gasteiger partial charge in [-0.25, -0.2) is 24.4 Å². The normalized spacial score (nSPS) is 15.3. The maximum absolute atomic E-state index is 11.1. The summed E-state index contributed by atoms with van der Waals surface area (Å²) in [7, 11) is 0.663. The van der Waals surface area contributed by atoms with E-state index in [-0.39, 0.29) is 6.10 Å². The monoisotopic (exact) mass is 473 g/mol. The lowest BCUT2D eigenvalue weighted by Crippen LogP contribution is -2.41. The highest BCUT2D eigenvalue weighted by Crippen LogP contribution is 2.29. The zero-order valence-electron chi connectivity index (χ0n) is 19.6. The lowest BCUT2D eigenvalue weighted by molar-refractivity contribution is 0.0865. The molecule has 1 N–H and O–H groups in total. The van der Waals surface area contributed by atoms with Gasteiger partial charge in [0.05, 0.1) is 11.8 Å². The fourth-order valence-electron chi connectivity index (χ4n) is 3.77. The molecule has 0 spiro atoms. The lowest BCUT2D eigenvalue weighted by atomic mass is 10.1. The molecular weight excluding hydrogens is 442 g/mol. The SMILES string of the molecule is Cn1ncnc1-c1cn(COCC[Si](C)(C)C)c2ncc(OC3CCN(C(=O)O)CC3)nc12. The van der Waals surface area contributed by atoms with E-state index >= 15 is 0 Å². The van der Waals surface area contributed by atoms with E-state index in [9.17, 15) is 4.79 Å². The topological polar surface area (TPSA) is 120 Å². The van der Waals surface area contributed by atoms with Crippen LogP contribution in [0.15, 0.2) is 18.7 Å². The summed E-state index contributed by atoms with van der Waals surface area (Å²) in [4.78, 5) is 26.3. The van der Waals surface area contributed by atoms with Gasteiger partial charge in [-0.05, 0) is 6.04 Å². The van der Waals surface area contributed by atoms with Gasteiger partial charge in [0.1, 0.15) is 24.7 Å². The van der Waals surface area contributed by atoms with Crippen LogP contribution in [0.1, 0.15) is 12.8 Å². The number of piperidine rings is 1. The number of ether oxygens (including phenoxy) is 2. The van der Waals surface area contributed by atoms with Crippen LogP contribution in [-0.4, -0.2) is 79.3 Å². The first-order chi connectivity index (χ1) is 15.7. The van der Waals surface area contributed by atoms with Crippen LogP contribution in [0.3, 0.4) is 0 Å². The van der Waals surface area contributed by atoms with E-state index in [1.54, 1.807) is 10.9 Å². The Morgan fingerprint density at radius 3 is 2.64 bits per heavy atom. The Labute approximate surface area is 193 Å². The molecule has 0 aromatic carbocycles. The quantitative estimate of drug-likeness (QED) is 0.391. The second-order valence-corrected chi connectivity index (χ2v) is 15.2. The Hall–Kier alpha value is -2.99. The van der Waals surface area contributed by atoms with E-state index in [0.717, 1.165) is 11.6 Å². The molecule has 0 saturated carbocycles. The third-order valence-electron chi connectivity index (χ3n) is 5.72. The van der Waals surface area contributed by atoms with Crippen molar-refractivity contribution in [1.82, 2.24) is 34.2 Å². The molecule has 3 aromatic heterocycles. The van der Waals surface area contributed by atoms with Crippen LogP contribution in [0.25, 0.3) is 22.6 Å². The first-order valence-electron chi connectivity index (χ1n) is 11.1. The number of hydrogen-bond acceptors (Lipinski definition) is 7. The summed E-state index contributed by atoms with van der Waals surface area (Å²) in [5, 5.41) is 13.3. The number of aromatic nitrogens is 6. The van der Waals surface area contributed by atoms with Crippen LogP contribution in [0, 0.1) is 0 Å². The van der Waals surface area contributed by atoms with E-state index < -0.39 is 14.2 Å². The first-order valence-corrected chi connectivity index (χ1v) is 14.8. The second-order valence-electron chi connectivity index (χ2n) is 9.54. The van der Waals surface area contributed by atoms with Gasteiger partial charge in [0.15, 0.2) is 11.5 Å². The number of aryl methyl sites for hydroxylation is 1. The molecular formula is C21H31N7O4Si. The molecule has 0 radical (unpaired) electrons. The largest absolute Gasteiger partial charge is 0.473 e. The van der Waals surface area contributed by atoms with Gasteiger partial charge in [0.2, 0.25) is 5.88 Å². The van der Waals surface area contributed by atoms with Gasteiger partial charge < -0.3 is 24.0 Å². The summed E-state index contributed by atoms with van der Waals surface area (Å²) in [5.41, 5.74) is 2.16. The fraction of sp³-hybridized carbons (Fsp3) is 0.571. The Balaban J connectivity index is 1.55. The molecule has 1 saturated heterocycles. The number of likely N-dealkylation sites (tertiary alicyclic amines) is 1. The zero-order chi connectivity index (χ0) is 23.6. The third-order valence-corrected chi connectivity index (χ3v) is 7.43. The van der Waals surface area contributed by atoms with E-state index in [4.69, 9.17) is 19.6 Å². The van der Waals surface area contributed by atoms with Crippen molar-refractivity contribution < 1.29 is 19.4 Å². The third kappa shape index (κ3) is 5.50. The van der Waals surface area contributed by atoms with Gasteiger partial charge in [-0.3, -0.25) is 0 Å². The Morgan fingerprint density at radius 2 is 2.00 bits per heavy atom. The molecule has 3 aromatic rings. The lowest BCUT2D eigenvalue weighted by Gasteiger charge is -2.29. The molecule has 0 unspecified atom stereocenters. The van der Waals surface area contributed by atoms with Gasteiger partial charge in [-0.2, -0.15) is 5.10 Å². The van der Waals surface area contributed by atoms with Crippen LogP contribution in [0.4, 0.5) is 4.79 Å². The van der Waals surface area contributed by atoms with Gasteiger partial charge in [-0.15, -0.1) is 0 Å². The molecule has 1 aliphatic heterocycles. The molecule has 178 valence electrons. The number of hydrogen-bond donors (Lipinski definition) is 1. The van der Waals surface area contributed by atoms with Gasteiger partial charge >= 0.3 is 6.09 Å². The molecule has 4 heterocycles. The maximum atomic E-state index is 11.1. The van der Waals surface area contributed by atoms with E-state index in [2.05, 4.69) is 34.7 Å². The van der Waals surface area contributed by atoms with E-state index in [1.807, 2.05) is 17.8 Å². The molecule has 1 amide bonds. The number of rotatable bonds is 8. The second kappa shape index (κ2) is 9.47. The van der Waals surface area contributed by atoms with Crippen molar-refractivity contribution in [2.75, 3.05) is 19.7 Å². The van der Waals surface area contributed by atoms with Gasteiger partial charge in [-0.1, -0.05) is 19.6 Å². The average molecular weight is 474 g/mol. The highest BCUT2D eigenvalue weighted by Gasteiger charge is 2.25. The predicted octanol–water partition coefficient (Wildman–Crippen LogP) is 3.06. The minimum Gasteiger partial charge on any atom is -0.473 e. The van der Waals surface area contributed by atoms with E-state index in [1.165, 1.54) is 11.2 Å². The highest BCUT2D eigenvalue weighted by molar-refractivity contribution is 6.76. The minimum atomic E-state index is -1.17. The summed E-state index contributed by atoms with van der Waals surface area (Å²) in [6.07, 6.45) is 5.31. The van der Waals surface area contributed by atoms with Crippen molar-refractivity contribution in [3.05, 3.63) is 18.7 Å². The van der Waals surface area contributed by atoms with Crippen LogP contribution < -0.4 is 4.74 Å². The Bertz CT molecular complexity index is 1120. The van der Waals surface area contributed by atoms with Gasteiger partial charge in [0.25, 0.3) is 0 Å².